The summed E-state index contributed by atoms with van der Waals surface area (Å²) in [4.78, 5) is 0. The van der Waals surface area contributed by atoms with E-state index in [1.807, 2.05) is 0 Å². The summed E-state index contributed by atoms with van der Waals surface area (Å²) in [7, 11) is -1.01. The Morgan fingerprint density at radius 2 is 1.71 bits per heavy atom. The van der Waals surface area contributed by atoms with E-state index >= 15 is 0 Å². The minimum atomic E-state index is -4.85. The normalized spacial score (nSPS) is 20.5. The first-order chi connectivity index (χ1) is 10.9. The van der Waals surface area contributed by atoms with Gasteiger partial charge in [-0.15, -0.1) is 0 Å². The Balaban J connectivity index is 2.45. The first-order valence-corrected chi connectivity index (χ1v) is 7.42. The molecule has 8 heteroatoms. The van der Waals surface area contributed by atoms with Gasteiger partial charge in [-0.3, -0.25) is 0 Å². The van der Waals surface area contributed by atoms with E-state index in [4.69, 9.17) is 9.31 Å². The second-order valence-electron chi connectivity index (χ2n) is 6.67. The van der Waals surface area contributed by atoms with E-state index in [2.05, 4.69) is 0 Å². The number of aliphatic hydroxyl groups excluding tert-OH is 1. The lowest BCUT2D eigenvalue weighted by atomic mass is 9.77. The number of hydrogen-bond donors (Lipinski definition) is 1. The molecule has 1 N–H and O–H groups in total. The maximum absolute atomic E-state index is 13.6. The van der Waals surface area contributed by atoms with Gasteiger partial charge in [0.05, 0.1) is 23.4 Å². The van der Waals surface area contributed by atoms with Gasteiger partial charge in [0.25, 0.3) is 0 Å². The average molecular weight is 346 g/mol. The van der Waals surface area contributed by atoms with Crippen LogP contribution in [0.15, 0.2) is 23.7 Å². The lowest BCUT2D eigenvalue weighted by molar-refractivity contribution is -0.140. The Morgan fingerprint density at radius 3 is 2.17 bits per heavy atom. The highest BCUT2D eigenvalue weighted by molar-refractivity contribution is 6.55. The second kappa shape index (κ2) is 6.17. The monoisotopic (exact) mass is 346 g/mol. The standard InChI is InChI=1S/C16H19BF4O3/c1-14(2)15(3,4)24-17(23-14)11(9-22)8-10-6-5-7-12(18)13(10)16(19,20)21/h5-8,22H,9H2,1-4H3. The van der Waals surface area contributed by atoms with Crippen molar-refractivity contribution in [1.29, 1.82) is 0 Å². The molecule has 0 saturated carbocycles. The molecule has 2 rings (SSSR count). The van der Waals surface area contributed by atoms with Gasteiger partial charge < -0.3 is 14.4 Å². The molecule has 1 aromatic rings. The molecule has 0 unspecified atom stereocenters. The molecule has 0 amide bonds. The van der Waals surface area contributed by atoms with E-state index in [1.54, 1.807) is 27.7 Å². The van der Waals surface area contributed by atoms with Gasteiger partial charge in [0, 0.05) is 0 Å². The number of alkyl halides is 3. The molecule has 0 aromatic heterocycles. The van der Waals surface area contributed by atoms with Crippen LogP contribution in [-0.4, -0.2) is 30.0 Å². The van der Waals surface area contributed by atoms with Crippen LogP contribution in [0.5, 0.6) is 0 Å². The summed E-state index contributed by atoms with van der Waals surface area (Å²) < 4.78 is 64.4. The first kappa shape index (κ1) is 19.0. The lowest BCUT2D eigenvalue weighted by Gasteiger charge is -2.32. The number of hydrogen-bond acceptors (Lipinski definition) is 3. The van der Waals surface area contributed by atoms with Crippen molar-refractivity contribution in [3.05, 3.63) is 40.6 Å². The molecule has 24 heavy (non-hydrogen) atoms. The van der Waals surface area contributed by atoms with Crippen LogP contribution < -0.4 is 0 Å². The average Bonchev–Trinajstić information content (AvgIpc) is 2.63. The first-order valence-electron chi connectivity index (χ1n) is 7.42. The van der Waals surface area contributed by atoms with Gasteiger partial charge in [-0.05, 0) is 44.8 Å². The molecule has 0 radical (unpaired) electrons. The number of benzene rings is 1. The van der Waals surface area contributed by atoms with E-state index in [0.717, 1.165) is 18.2 Å². The molecule has 132 valence electrons. The zero-order valence-corrected chi connectivity index (χ0v) is 13.9. The third-order valence-corrected chi connectivity index (χ3v) is 4.41. The highest BCUT2D eigenvalue weighted by Gasteiger charge is 2.52. The SMILES string of the molecule is CC1(C)OB(C(=Cc2cccc(F)c2C(F)(F)F)CO)OC1(C)C. The fraction of sp³-hybridized carbons (Fsp3) is 0.500. The minimum Gasteiger partial charge on any atom is -0.400 e. The minimum absolute atomic E-state index is 0.0877. The van der Waals surface area contributed by atoms with Crippen LogP contribution in [-0.2, 0) is 15.5 Å². The smallest absolute Gasteiger partial charge is 0.400 e. The highest BCUT2D eigenvalue weighted by atomic mass is 19.4. The molecule has 1 saturated heterocycles. The zero-order valence-electron chi connectivity index (χ0n) is 13.9. The molecule has 1 fully saturated rings. The van der Waals surface area contributed by atoms with Gasteiger partial charge in [0.15, 0.2) is 0 Å². The summed E-state index contributed by atoms with van der Waals surface area (Å²) in [5.41, 5.74) is -3.10. The maximum Gasteiger partial charge on any atom is 0.492 e. The van der Waals surface area contributed by atoms with E-state index in [9.17, 15) is 22.7 Å². The van der Waals surface area contributed by atoms with E-state index in [1.165, 1.54) is 6.07 Å². The molecule has 1 aliphatic heterocycles. The van der Waals surface area contributed by atoms with Crippen LogP contribution in [0.3, 0.4) is 0 Å². The Labute approximate surface area is 138 Å². The van der Waals surface area contributed by atoms with Gasteiger partial charge in [-0.25, -0.2) is 4.39 Å². The summed E-state index contributed by atoms with van der Waals surface area (Å²) in [5.74, 6) is -1.37. The van der Waals surface area contributed by atoms with Crippen LogP contribution in [0.2, 0.25) is 0 Å². The summed E-state index contributed by atoms with van der Waals surface area (Å²) in [5, 5.41) is 9.55. The molecule has 1 aromatic carbocycles. The largest absolute Gasteiger partial charge is 0.492 e. The van der Waals surface area contributed by atoms with E-state index in [-0.39, 0.29) is 11.0 Å². The molecular weight excluding hydrogens is 327 g/mol. The van der Waals surface area contributed by atoms with Crippen LogP contribution in [0, 0.1) is 5.82 Å². The fourth-order valence-corrected chi connectivity index (χ4v) is 2.34. The molecule has 0 aliphatic carbocycles. The van der Waals surface area contributed by atoms with Gasteiger partial charge in [-0.1, -0.05) is 18.2 Å². The quantitative estimate of drug-likeness (QED) is 0.667. The molecule has 3 nitrogen and oxygen atoms in total. The topological polar surface area (TPSA) is 38.7 Å². The Kier molecular flexibility index (Phi) is 4.87. The van der Waals surface area contributed by atoms with E-state index in [0.29, 0.717) is 0 Å². The van der Waals surface area contributed by atoms with Crippen LogP contribution in [0.4, 0.5) is 17.6 Å². The summed E-state index contributed by atoms with van der Waals surface area (Å²) in [6.45, 7) is 6.55. The van der Waals surface area contributed by atoms with Crippen molar-refractivity contribution < 1.29 is 32.0 Å². The zero-order chi connectivity index (χ0) is 18.3. The van der Waals surface area contributed by atoms with Crippen molar-refractivity contribution >= 4 is 13.2 Å². The number of halogens is 4. The molecule has 0 spiro atoms. The maximum atomic E-state index is 13.6. The molecular formula is C16H19BF4O3. The van der Waals surface area contributed by atoms with Gasteiger partial charge in [0.1, 0.15) is 5.82 Å². The van der Waals surface area contributed by atoms with Gasteiger partial charge in [0.2, 0.25) is 0 Å². The van der Waals surface area contributed by atoms with Crippen molar-refractivity contribution in [2.24, 2.45) is 0 Å². The Bertz CT molecular complexity index is 637. The lowest BCUT2D eigenvalue weighted by Crippen LogP contribution is -2.41. The Hall–Kier alpha value is -1.38. The van der Waals surface area contributed by atoms with Crippen molar-refractivity contribution in [3.63, 3.8) is 0 Å². The van der Waals surface area contributed by atoms with Crippen LogP contribution in [0.1, 0.15) is 38.8 Å². The van der Waals surface area contributed by atoms with Crippen molar-refractivity contribution in [2.75, 3.05) is 6.61 Å². The summed E-state index contributed by atoms with van der Waals surface area (Å²) >= 11 is 0. The van der Waals surface area contributed by atoms with Crippen molar-refractivity contribution in [2.45, 2.75) is 45.1 Å². The predicted octanol–water partition coefficient (Wildman–Crippen LogP) is 3.85. The number of aliphatic hydroxyl groups is 1. The highest BCUT2D eigenvalue weighted by Crippen LogP contribution is 2.40. The van der Waals surface area contributed by atoms with Gasteiger partial charge >= 0.3 is 13.3 Å². The predicted molar refractivity (Wildman–Crippen MR) is 82.5 cm³/mol. The van der Waals surface area contributed by atoms with Crippen molar-refractivity contribution in [3.8, 4) is 0 Å². The summed E-state index contributed by atoms with van der Waals surface area (Å²) in [6, 6.07) is 3.05. The molecule has 0 bridgehead atoms. The van der Waals surface area contributed by atoms with Crippen molar-refractivity contribution in [1.82, 2.24) is 0 Å². The fourth-order valence-electron chi connectivity index (χ4n) is 2.34. The number of rotatable bonds is 3. The third kappa shape index (κ3) is 3.50. The summed E-state index contributed by atoms with van der Waals surface area (Å²) in [6.07, 6.45) is -3.79. The van der Waals surface area contributed by atoms with Crippen LogP contribution >= 0.6 is 0 Å². The van der Waals surface area contributed by atoms with E-state index < -0.39 is 42.5 Å². The van der Waals surface area contributed by atoms with Crippen LogP contribution in [0.25, 0.3) is 6.08 Å². The van der Waals surface area contributed by atoms with Gasteiger partial charge in [-0.2, -0.15) is 13.2 Å². The molecule has 1 aliphatic rings. The second-order valence-corrected chi connectivity index (χ2v) is 6.67. The molecule has 0 atom stereocenters. The Morgan fingerprint density at radius 1 is 1.17 bits per heavy atom. The third-order valence-electron chi connectivity index (χ3n) is 4.41. The molecule has 1 heterocycles.